The van der Waals surface area contributed by atoms with Crippen LogP contribution in [0.3, 0.4) is 0 Å². The molecule has 0 unspecified atom stereocenters. The van der Waals surface area contributed by atoms with Gasteiger partial charge in [0, 0.05) is 11.8 Å². The predicted molar refractivity (Wildman–Crippen MR) is 50.3 cm³/mol. The highest BCUT2D eigenvalue weighted by Crippen LogP contribution is 2.13. The van der Waals surface area contributed by atoms with Crippen molar-refractivity contribution in [2.24, 2.45) is 0 Å². The van der Waals surface area contributed by atoms with Crippen LogP contribution < -0.4 is 0 Å². The second kappa shape index (κ2) is 6.05. The van der Waals surface area contributed by atoms with Crippen molar-refractivity contribution >= 4 is 11.9 Å². The van der Waals surface area contributed by atoms with E-state index in [0.29, 0.717) is 0 Å². The molecule has 0 amide bonds. The molecule has 0 radical (unpaired) electrons. The lowest BCUT2D eigenvalue weighted by atomic mass is 10.3. The van der Waals surface area contributed by atoms with E-state index in [2.05, 4.69) is 32.1 Å². The minimum Gasteiger partial charge on any atom is -0.253 e. The van der Waals surface area contributed by atoms with E-state index in [4.69, 9.17) is 0 Å². The monoisotopic (exact) mass is 161 g/mol. The Hall–Kier alpha value is 0.310. The summed E-state index contributed by atoms with van der Waals surface area (Å²) in [6.07, 6.45) is 2.61. The van der Waals surface area contributed by atoms with E-state index in [0.717, 1.165) is 5.25 Å². The zero-order chi connectivity index (χ0) is 7.98. The van der Waals surface area contributed by atoms with Crippen molar-refractivity contribution in [3.05, 3.63) is 0 Å². The van der Waals surface area contributed by atoms with E-state index < -0.39 is 0 Å². The minimum absolute atomic E-state index is 0.724. The van der Waals surface area contributed by atoms with Gasteiger partial charge in [-0.2, -0.15) is 0 Å². The number of nitrogens with zero attached hydrogens (tertiary/aromatic N) is 1. The van der Waals surface area contributed by atoms with Crippen molar-refractivity contribution in [3.8, 4) is 0 Å². The van der Waals surface area contributed by atoms with E-state index in [1.165, 1.54) is 19.4 Å². The first-order valence-electron chi connectivity index (χ1n) is 4.04. The minimum atomic E-state index is 0.724. The van der Waals surface area contributed by atoms with Gasteiger partial charge in [-0.05, 0) is 13.5 Å². The van der Waals surface area contributed by atoms with Gasteiger partial charge in [-0.25, -0.2) is 0 Å². The van der Waals surface area contributed by atoms with Crippen LogP contribution in [0.15, 0.2) is 0 Å². The highest BCUT2D eigenvalue weighted by molar-refractivity contribution is 7.97. The Labute approximate surface area is 69.3 Å². The molecule has 0 saturated heterocycles. The standard InChI is InChI=1S/C8H19NS/c1-5-6-7-9(4)10-8(2)3/h8H,5-7H2,1-4H3. The molecule has 1 nitrogen and oxygen atoms in total. The quantitative estimate of drug-likeness (QED) is 0.570. The van der Waals surface area contributed by atoms with Gasteiger partial charge in [0.25, 0.3) is 0 Å². The third-order valence-electron chi connectivity index (χ3n) is 1.22. The fraction of sp³-hybridized carbons (Fsp3) is 1.00. The fourth-order valence-corrected chi connectivity index (χ4v) is 1.75. The molecule has 0 saturated carbocycles. The lowest BCUT2D eigenvalue weighted by Gasteiger charge is -2.16. The van der Waals surface area contributed by atoms with Crippen LogP contribution in [0.2, 0.25) is 0 Å². The van der Waals surface area contributed by atoms with Crippen LogP contribution in [-0.4, -0.2) is 23.1 Å². The Balaban J connectivity index is 3.16. The van der Waals surface area contributed by atoms with E-state index in [-0.39, 0.29) is 0 Å². The number of unbranched alkanes of at least 4 members (excludes halogenated alkanes) is 1. The van der Waals surface area contributed by atoms with Gasteiger partial charge in [-0.15, -0.1) is 0 Å². The summed E-state index contributed by atoms with van der Waals surface area (Å²) in [6.45, 7) is 7.91. The zero-order valence-corrected chi connectivity index (χ0v) is 8.37. The van der Waals surface area contributed by atoms with Crippen molar-refractivity contribution in [1.82, 2.24) is 4.31 Å². The maximum Gasteiger partial charge on any atom is 0.0138 e. The molecule has 0 fully saturated rings. The van der Waals surface area contributed by atoms with E-state index in [9.17, 15) is 0 Å². The Morgan fingerprint density at radius 1 is 1.40 bits per heavy atom. The summed E-state index contributed by atoms with van der Waals surface area (Å²) in [5.74, 6) is 0. The van der Waals surface area contributed by atoms with Gasteiger partial charge >= 0.3 is 0 Å². The van der Waals surface area contributed by atoms with Crippen molar-refractivity contribution in [3.63, 3.8) is 0 Å². The SMILES string of the molecule is CCCCN(C)SC(C)C. The smallest absolute Gasteiger partial charge is 0.0138 e. The Morgan fingerprint density at radius 3 is 2.40 bits per heavy atom. The molecule has 0 aliphatic carbocycles. The van der Waals surface area contributed by atoms with Crippen molar-refractivity contribution in [1.29, 1.82) is 0 Å². The van der Waals surface area contributed by atoms with Gasteiger partial charge in [-0.1, -0.05) is 39.1 Å². The van der Waals surface area contributed by atoms with Crippen molar-refractivity contribution < 1.29 is 0 Å². The average molecular weight is 161 g/mol. The second-order valence-corrected chi connectivity index (χ2v) is 4.64. The van der Waals surface area contributed by atoms with Crippen LogP contribution in [0.1, 0.15) is 33.6 Å². The Kier molecular flexibility index (Phi) is 6.24. The molecule has 0 aromatic rings. The molecular weight excluding hydrogens is 142 g/mol. The number of hydrogen-bond acceptors (Lipinski definition) is 2. The van der Waals surface area contributed by atoms with E-state index in [1.807, 2.05) is 11.9 Å². The Bertz CT molecular complexity index is 73.7. The third kappa shape index (κ3) is 6.43. The molecule has 0 aliphatic heterocycles. The fourth-order valence-electron chi connectivity index (χ4n) is 0.793. The van der Waals surface area contributed by atoms with Crippen LogP contribution in [0, 0.1) is 0 Å². The van der Waals surface area contributed by atoms with Gasteiger partial charge in [0.05, 0.1) is 0 Å². The maximum absolute atomic E-state index is 2.33. The van der Waals surface area contributed by atoms with Gasteiger partial charge in [0.15, 0.2) is 0 Å². The molecule has 0 atom stereocenters. The van der Waals surface area contributed by atoms with Gasteiger partial charge < -0.3 is 0 Å². The molecule has 0 spiro atoms. The van der Waals surface area contributed by atoms with Crippen molar-refractivity contribution in [2.45, 2.75) is 38.9 Å². The van der Waals surface area contributed by atoms with Crippen LogP contribution in [0.5, 0.6) is 0 Å². The second-order valence-electron chi connectivity index (χ2n) is 2.86. The first-order chi connectivity index (χ1) is 4.66. The van der Waals surface area contributed by atoms with Crippen LogP contribution in [-0.2, 0) is 0 Å². The van der Waals surface area contributed by atoms with Crippen LogP contribution in [0.4, 0.5) is 0 Å². The molecule has 2 heteroatoms. The first kappa shape index (κ1) is 10.3. The predicted octanol–water partition coefficient (Wildman–Crippen LogP) is 2.77. The van der Waals surface area contributed by atoms with Gasteiger partial charge in [0.2, 0.25) is 0 Å². The highest BCUT2D eigenvalue weighted by Gasteiger charge is 1.99. The van der Waals surface area contributed by atoms with Crippen LogP contribution >= 0.6 is 11.9 Å². The molecular formula is C8H19NS. The molecule has 0 heterocycles. The van der Waals surface area contributed by atoms with E-state index in [1.54, 1.807) is 0 Å². The summed E-state index contributed by atoms with van der Waals surface area (Å²) < 4.78 is 2.33. The summed E-state index contributed by atoms with van der Waals surface area (Å²) in [4.78, 5) is 0. The summed E-state index contributed by atoms with van der Waals surface area (Å²) in [6, 6.07) is 0. The lowest BCUT2D eigenvalue weighted by molar-refractivity contribution is 0.534. The molecule has 0 aliphatic rings. The molecule has 10 heavy (non-hydrogen) atoms. The molecule has 0 rings (SSSR count). The topological polar surface area (TPSA) is 3.24 Å². The highest BCUT2D eigenvalue weighted by atomic mass is 32.2. The summed E-state index contributed by atoms with van der Waals surface area (Å²) in [5.41, 5.74) is 0. The molecule has 0 aromatic carbocycles. The van der Waals surface area contributed by atoms with Gasteiger partial charge in [0.1, 0.15) is 0 Å². The third-order valence-corrected chi connectivity index (χ3v) is 2.18. The Morgan fingerprint density at radius 2 is 2.00 bits per heavy atom. The van der Waals surface area contributed by atoms with Gasteiger partial charge in [-0.3, -0.25) is 4.31 Å². The lowest BCUT2D eigenvalue weighted by Crippen LogP contribution is -2.13. The summed E-state index contributed by atoms with van der Waals surface area (Å²) in [7, 11) is 2.17. The van der Waals surface area contributed by atoms with Crippen molar-refractivity contribution in [2.75, 3.05) is 13.6 Å². The molecule has 0 aromatic heterocycles. The zero-order valence-electron chi connectivity index (χ0n) is 7.55. The maximum atomic E-state index is 2.33. The molecule has 62 valence electrons. The number of hydrogen-bond donors (Lipinski definition) is 0. The number of rotatable bonds is 5. The van der Waals surface area contributed by atoms with Crippen LogP contribution in [0.25, 0.3) is 0 Å². The summed E-state index contributed by atoms with van der Waals surface area (Å²) in [5, 5.41) is 0.724. The average Bonchev–Trinajstić information content (AvgIpc) is 1.82. The molecule has 0 bridgehead atoms. The normalized spacial score (nSPS) is 11.4. The first-order valence-corrected chi connectivity index (χ1v) is 4.88. The largest absolute Gasteiger partial charge is 0.253 e. The summed E-state index contributed by atoms with van der Waals surface area (Å²) >= 11 is 1.93. The molecule has 0 N–H and O–H groups in total. The van der Waals surface area contributed by atoms with E-state index >= 15 is 0 Å².